The van der Waals surface area contributed by atoms with Gasteiger partial charge in [0.15, 0.2) is 5.96 Å². The SMILES string of the molecule is CN=C(NCCNS(=O)(=O)c1cccc([N+](=O)[O-])c1)NCc1ccccc1OC.I. The van der Waals surface area contributed by atoms with Crippen LogP contribution in [0.15, 0.2) is 58.4 Å². The molecule has 0 aliphatic rings. The fourth-order valence-corrected chi connectivity index (χ4v) is 3.53. The second kappa shape index (κ2) is 12.3. The number of nitrogens with one attached hydrogen (secondary N) is 3. The number of nitrogens with zero attached hydrogens (tertiary/aromatic N) is 2. The van der Waals surface area contributed by atoms with E-state index < -0.39 is 14.9 Å². The van der Waals surface area contributed by atoms with Gasteiger partial charge in [-0.25, -0.2) is 13.1 Å². The molecule has 0 heterocycles. The van der Waals surface area contributed by atoms with Crippen molar-refractivity contribution < 1.29 is 18.1 Å². The summed E-state index contributed by atoms with van der Waals surface area (Å²) in [7, 11) is -0.658. The van der Waals surface area contributed by atoms with Gasteiger partial charge in [0, 0.05) is 44.4 Å². The number of nitro groups is 1. The van der Waals surface area contributed by atoms with Gasteiger partial charge in [-0.2, -0.15) is 0 Å². The molecule has 0 aliphatic carbocycles. The lowest BCUT2D eigenvalue weighted by Gasteiger charge is -2.14. The molecule has 0 unspecified atom stereocenters. The zero-order chi connectivity index (χ0) is 21.3. The van der Waals surface area contributed by atoms with Crippen molar-refractivity contribution in [2.75, 3.05) is 27.2 Å². The first-order valence-electron chi connectivity index (χ1n) is 8.68. The van der Waals surface area contributed by atoms with Crippen molar-refractivity contribution in [1.82, 2.24) is 15.4 Å². The van der Waals surface area contributed by atoms with Crippen LogP contribution in [0.4, 0.5) is 5.69 Å². The minimum absolute atomic E-state index is 0. The highest BCUT2D eigenvalue weighted by Gasteiger charge is 2.17. The summed E-state index contributed by atoms with van der Waals surface area (Å²) in [4.78, 5) is 14.1. The maximum atomic E-state index is 12.3. The average Bonchev–Trinajstić information content (AvgIpc) is 2.73. The molecule has 2 aromatic rings. The van der Waals surface area contributed by atoms with Gasteiger partial charge in [-0.05, 0) is 12.1 Å². The summed E-state index contributed by atoms with van der Waals surface area (Å²) in [6.45, 7) is 0.809. The standard InChI is InChI=1S/C18H23N5O5S.HI/c1-19-18(21-13-14-6-3-4-9-17(14)28-2)20-10-11-22-29(26,27)16-8-5-7-15(12-16)23(24)25;/h3-9,12,22H,10-11,13H2,1-2H3,(H2,19,20,21);1H. The second-order valence-corrected chi connectivity index (χ2v) is 7.58. The Labute approximate surface area is 192 Å². The van der Waals surface area contributed by atoms with Crippen LogP contribution in [0.3, 0.4) is 0 Å². The predicted molar refractivity (Wildman–Crippen MR) is 125 cm³/mol. The number of sulfonamides is 1. The molecule has 0 aromatic heterocycles. The van der Waals surface area contributed by atoms with E-state index in [2.05, 4.69) is 20.3 Å². The van der Waals surface area contributed by atoms with E-state index in [1.165, 1.54) is 18.2 Å². The second-order valence-electron chi connectivity index (χ2n) is 5.82. The van der Waals surface area contributed by atoms with E-state index in [0.717, 1.165) is 17.4 Å². The van der Waals surface area contributed by atoms with E-state index in [0.29, 0.717) is 12.5 Å². The minimum atomic E-state index is -3.86. The Morgan fingerprint density at radius 3 is 2.53 bits per heavy atom. The van der Waals surface area contributed by atoms with Gasteiger partial charge in [0.05, 0.1) is 16.9 Å². The van der Waals surface area contributed by atoms with E-state index in [-0.39, 0.29) is 47.6 Å². The van der Waals surface area contributed by atoms with Gasteiger partial charge in [-0.3, -0.25) is 15.1 Å². The number of halogens is 1. The molecule has 30 heavy (non-hydrogen) atoms. The van der Waals surface area contributed by atoms with Crippen molar-refractivity contribution in [3.63, 3.8) is 0 Å². The molecule has 0 atom stereocenters. The lowest BCUT2D eigenvalue weighted by molar-refractivity contribution is -0.385. The fourth-order valence-electron chi connectivity index (χ4n) is 2.46. The lowest BCUT2D eigenvalue weighted by Crippen LogP contribution is -2.41. The molecular formula is C18H24IN5O5S. The first-order valence-corrected chi connectivity index (χ1v) is 10.2. The van der Waals surface area contributed by atoms with Crippen LogP contribution in [0.25, 0.3) is 0 Å². The number of hydrogen-bond donors (Lipinski definition) is 3. The van der Waals surface area contributed by atoms with E-state index >= 15 is 0 Å². The fraction of sp³-hybridized carbons (Fsp3) is 0.278. The molecule has 3 N–H and O–H groups in total. The highest BCUT2D eigenvalue weighted by molar-refractivity contribution is 14.0. The van der Waals surface area contributed by atoms with Crippen LogP contribution >= 0.6 is 24.0 Å². The Kier molecular flexibility index (Phi) is 10.5. The Hall–Kier alpha value is -2.45. The summed E-state index contributed by atoms with van der Waals surface area (Å²) in [5, 5.41) is 16.9. The van der Waals surface area contributed by atoms with E-state index in [9.17, 15) is 18.5 Å². The predicted octanol–water partition coefficient (Wildman–Crippen LogP) is 1.86. The Morgan fingerprint density at radius 1 is 1.13 bits per heavy atom. The molecule has 12 heteroatoms. The number of nitro benzene ring substituents is 1. The topological polar surface area (TPSA) is 135 Å². The first kappa shape index (κ1) is 25.6. The Balaban J connectivity index is 0.00000450. The van der Waals surface area contributed by atoms with Gasteiger partial charge in [-0.1, -0.05) is 24.3 Å². The Bertz CT molecular complexity index is 984. The lowest BCUT2D eigenvalue weighted by atomic mass is 10.2. The summed E-state index contributed by atoms with van der Waals surface area (Å²) in [6.07, 6.45) is 0. The molecule has 0 radical (unpaired) electrons. The van der Waals surface area contributed by atoms with Gasteiger partial charge < -0.3 is 15.4 Å². The number of para-hydroxylation sites is 1. The van der Waals surface area contributed by atoms with Crippen LogP contribution in [0.2, 0.25) is 0 Å². The molecule has 0 fully saturated rings. The molecular weight excluding hydrogens is 525 g/mol. The largest absolute Gasteiger partial charge is 0.496 e. The zero-order valence-electron chi connectivity index (χ0n) is 16.5. The summed E-state index contributed by atoms with van der Waals surface area (Å²) >= 11 is 0. The van der Waals surface area contributed by atoms with Crippen LogP contribution in [0, 0.1) is 10.1 Å². The van der Waals surface area contributed by atoms with Gasteiger partial charge in [0.1, 0.15) is 5.75 Å². The molecule has 10 nitrogen and oxygen atoms in total. The van der Waals surface area contributed by atoms with Crippen molar-refractivity contribution in [3.8, 4) is 5.75 Å². The zero-order valence-corrected chi connectivity index (χ0v) is 19.6. The van der Waals surface area contributed by atoms with E-state index in [1.54, 1.807) is 14.2 Å². The molecule has 0 aliphatic heterocycles. The third-order valence-corrected chi connectivity index (χ3v) is 5.37. The number of ether oxygens (including phenoxy) is 1. The number of methoxy groups -OCH3 is 1. The van der Waals surface area contributed by atoms with E-state index in [4.69, 9.17) is 4.74 Å². The van der Waals surface area contributed by atoms with Crippen molar-refractivity contribution in [3.05, 3.63) is 64.2 Å². The van der Waals surface area contributed by atoms with Crippen LogP contribution < -0.4 is 20.1 Å². The average molecular weight is 549 g/mol. The van der Waals surface area contributed by atoms with Crippen LogP contribution in [0.5, 0.6) is 5.75 Å². The molecule has 2 rings (SSSR count). The van der Waals surface area contributed by atoms with Gasteiger partial charge in [-0.15, -0.1) is 24.0 Å². The minimum Gasteiger partial charge on any atom is -0.496 e. The molecule has 0 spiro atoms. The normalized spacial score (nSPS) is 11.3. The number of rotatable bonds is 9. The third kappa shape index (κ3) is 7.42. The highest BCUT2D eigenvalue weighted by atomic mass is 127. The molecule has 0 saturated carbocycles. The number of non-ortho nitro benzene ring substituents is 1. The molecule has 0 bridgehead atoms. The third-order valence-electron chi connectivity index (χ3n) is 3.91. The maximum absolute atomic E-state index is 12.3. The number of aliphatic imine (C=N–C) groups is 1. The smallest absolute Gasteiger partial charge is 0.270 e. The Morgan fingerprint density at radius 2 is 1.87 bits per heavy atom. The molecule has 0 saturated heterocycles. The van der Waals surface area contributed by atoms with Crippen molar-refractivity contribution in [2.24, 2.45) is 4.99 Å². The molecule has 2 aromatic carbocycles. The monoisotopic (exact) mass is 549 g/mol. The van der Waals surface area contributed by atoms with Gasteiger partial charge in [0.25, 0.3) is 5.69 Å². The van der Waals surface area contributed by atoms with Crippen molar-refractivity contribution >= 4 is 45.6 Å². The summed E-state index contributed by atoms with van der Waals surface area (Å²) in [5.74, 6) is 1.24. The molecule has 0 amide bonds. The summed E-state index contributed by atoms with van der Waals surface area (Å²) in [5.41, 5.74) is 0.663. The van der Waals surface area contributed by atoms with Crippen LogP contribution in [-0.2, 0) is 16.6 Å². The molecule has 164 valence electrons. The van der Waals surface area contributed by atoms with Gasteiger partial charge in [0.2, 0.25) is 10.0 Å². The van der Waals surface area contributed by atoms with Crippen LogP contribution in [0.1, 0.15) is 5.56 Å². The summed E-state index contributed by atoms with van der Waals surface area (Å²) < 4.78 is 32.3. The van der Waals surface area contributed by atoms with Crippen molar-refractivity contribution in [2.45, 2.75) is 11.4 Å². The van der Waals surface area contributed by atoms with Crippen molar-refractivity contribution in [1.29, 1.82) is 0 Å². The maximum Gasteiger partial charge on any atom is 0.270 e. The number of benzene rings is 2. The number of guanidine groups is 1. The van der Waals surface area contributed by atoms with Gasteiger partial charge >= 0.3 is 0 Å². The first-order chi connectivity index (χ1) is 13.9. The highest BCUT2D eigenvalue weighted by Crippen LogP contribution is 2.17. The summed E-state index contributed by atoms with van der Waals surface area (Å²) in [6, 6.07) is 12.4. The van der Waals surface area contributed by atoms with Crippen LogP contribution in [-0.4, -0.2) is 46.5 Å². The quantitative estimate of drug-likeness (QED) is 0.109. The van der Waals surface area contributed by atoms with E-state index in [1.807, 2.05) is 24.3 Å². The number of hydrogen-bond acceptors (Lipinski definition) is 6.